The lowest BCUT2D eigenvalue weighted by Crippen LogP contribution is -2.50. The van der Waals surface area contributed by atoms with Crippen molar-refractivity contribution in [3.05, 3.63) is 0 Å². The van der Waals surface area contributed by atoms with Crippen LogP contribution in [0.3, 0.4) is 0 Å². The number of piperazine rings is 1. The van der Waals surface area contributed by atoms with E-state index in [0.717, 1.165) is 24.0 Å². The summed E-state index contributed by atoms with van der Waals surface area (Å²) in [4.78, 5) is 15.5. The zero-order valence-corrected chi connectivity index (χ0v) is 12.1. The smallest absolute Gasteiger partial charge is 0.410 e. The lowest BCUT2D eigenvalue weighted by atomic mass is 10.3. The van der Waals surface area contributed by atoms with Gasteiger partial charge in [-0.05, 0) is 19.6 Å². The van der Waals surface area contributed by atoms with Crippen molar-refractivity contribution in [3.63, 3.8) is 0 Å². The molecule has 1 amide bonds. The van der Waals surface area contributed by atoms with E-state index in [2.05, 4.69) is 16.9 Å². The molecule has 0 bridgehead atoms. The van der Waals surface area contributed by atoms with Gasteiger partial charge >= 0.3 is 6.09 Å². The van der Waals surface area contributed by atoms with Crippen LogP contribution in [-0.2, 0) is 4.74 Å². The van der Waals surface area contributed by atoms with Gasteiger partial charge in [-0.3, -0.25) is 0 Å². The van der Waals surface area contributed by atoms with Crippen LogP contribution < -0.4 is 5.84 Å². The molecule has 104 valence electrons. The standard InChI is InChI=1S/C11H22N4O2S/c1-4-18-10(13-12)14-5-7-15(8-6-14)11(16)17-9(2)3/h9H,4-8,12H2,1-3H3/b13-10-. The number of carbonyl (C=O) groups excluding carboxylic acids is 1. The van der Waals surface area contributed by atoms with E-state index in [-0.39, 0.29) is 12.2 Å². The maximum absolute atomic E-state index is 11.7. The minimum absolute atomic E-state index is 0.0765. The first-order valence-corrected chi connectivity index (χ1v) is 7.18. The fraction of sp³-hybridized carbons (Fsp3) is 0.818. The first-order valence-electron chi connectivity index (χ1n) is 6.19. The number of carbonyl (C=O) groups is 1. The molecule has 1 heterocycles. The highest BCUT2D eigenvalue weighted by molar-refractivity contribution is 8.13. The molecule has 18 heavy (non-hydrogen) atoms. The number of ether oxygens (including phenoxy) is 1. The van der Waals surface area contributed by atoms with E-state index in [1.54, 1.807) is 16.7 Å². The Hall–Kier alpha value is -1.11. The molecule has 7 heteroatoms. The van der Waals surface area contributed by atoms with Crippen LogP contribution in [0.4, 0.5) is 4.79 Å². The fourth-order valence-electron chi connectivity index (χ4n) is 1.70. The van der Waals surface area contributed by atoms with E-state index < -0.39 is 0 Å². The predicted octanol–water partition coefficient (Wildman–Crippen LogP) is 1.13. The summed E-state index contributed by atoms with van der Waals surface area (Å²) in [6.07, 6.45) is -0.314. The Labute approximate surface area is 113 Å². The molecule has 0 aromatic carbocycles. The van der Waals surface area contributed by atoms with Gasteiger partial charge in [0, 0.05) is 26.2 Å². The summed E-state index contributed by atoms with van der Waals surface area (Å²) in [5.74, 6) is 6.31. The maximum atomic E-state index is 11.7. The van der Waals surface area contributed by atoms with E-state index in [1.807, 2.05) is 13.8 Å². The number of hydrogen-bond donors (Lipinski definition) is 1. The van der Waals surface area contributed by atoms with Crippen LogP contribution >= 0.6 is 11.8 Å². The molecule has 1 aliphatic heterocycles. The number of amides is 1. The summed E-state index contributed by atoms with van der Waals surface area (Å²) < 4.78 is 5.17. The van der Waals surface area contributed by atoms with Crippen LogP contribution in [0.15, 0.2) is 5.10 Å². The predicted molar refractivity (Wildman–Crippen MR) is 74.5 cm³/mol. The van der Waals surface area contributed by atoms with E-state index in [1.165, 1.54) is 0 Å². The average molecular weight is 274 g/mol. The Balaban J connectivity index is 2.43. The Kier molecular flexibility index (Phi) is 6.11. The van der Waals surface area contributed by atoms with E-state index in [4.69, 9.17) is 10.6 Å². The average Bonchev–Trinajstić information content (AvgIpc) is 2.35. The number of thioether (sulfide) groups is 1. The van der Waals surface area contributed by atoms with Crippen LogP contribution in [0.1, 0.15) is 20.8 Å². The molecule has 1 rings (SSSR count). The third kappa shape index (κ3) is 4.29. The van der Waals surface area contributed by atoms with Gasteiger partial charge in [0.1, 0.15) is 0 Å². The number of amidine groups is 1. The zero-order chi connectivity index (χ0) is 13.5. The molecule has 1 fully saturated rings. The van der Waals surface area contributed by atoms with Crippen LogP contribution in [0.2, 0.25) is 0 Å². The van der Waals surface area contributed by atoms with Crippen molar-refractivity contribution in [1.29, 1.82) is 0 Å². The molecular weight excluding hydrogens is 252 g/mol. The van der Waals surface area contributed by atoms with E-state index >= 15 is 0 Å². The maximum Gasteiger partial charge on any atom is 0.410 e. The number of hydrogen-bond acceptors (Lipinski definition) is 5. The van der Waals surface area contributed by atoms with Gasteiger partial charge in [0.05, 0.1) is 6.10 Å². The van der Waals surface area contributed by atoms with E-state index in [0.29, 0.717) is 13.1 Å². The summed E-state index contributed by atoms with van der Waals surface area (Å²) in [6, 6.07) is 0. The molecule has 0 aromatic rings. The number of nitrogens with two attached hydrogens (primary N) is 1. The Morgan fingerprint density at radius 1 is 1.33 bits per heavy atom. The lowest BCUT2D eigenvalue weighted by molar-refractivity contribution is 0.0659. The molecule has 2 N–H and O–H groups in total. The van der Waals surface area contributed by atoms with Crippen LogP contribution in [-0.4, -0.2) is 59.1 Å². The summed E-state index contributed by atoms with van der Waals surface area (Å²) in [6.45, 7) is 8.55. The van der Waals surface area contributed by atoms with Crippen molar-refractivity contribution in [2.45, 2.75) is 26.9 Å². The molecule has 0 aliphatic carbocycles. The normalized spacial score (nSPS) is 17.2. The third-order valence-corrected chi connectivity index (χ3v) is 3.44. The van der Waals surface area contributed by atoms with Gasteiger partial charge in [-0.1, -0.05) is 18.7 Å². The van der Waals surface area contributed by atoms with Crippen molar-refractivity contribution in [3.8, 4) is 0 Å². The number of rotatable bonds is 2. The van der Waals surface area contributed by atoms with Crippen LogP contribution in [0.25, 0.3) is 0 Å². The topological polar surface area (TPSA) is 71.2 Å². The monoisotopic (exact) mass is 274 g/mol. The molecule has 1 saturated heterocycles. The second-order valence-electron chi connectivity index (χ2n) is 4.25. The molecule has 0 atom stereocenters. The van der Waals surface area contributed by atoms with Gasteiger partial charge < -0.3 is 20.4 Å². The number of hydrazone groups is 1. The molecule has 0 unspecified atom stereocenters. The summed E-state index contributed by atoms with van der Waals surface area (Å²) >= 11 is 1.62. The highest BCUT2D eigenvalue weighted by Gasteiger charge is 2.24. The SMILES string of the molecule is CCS/C(=N\N)N1CCN(C(=O)OC(C)C)CC1. The van der Waals surface area contributed by atoms with Crippen LogP contribution in [0, 0.1) is 0 Å². The first-order chi connectivity index (χ1) is 8.58. The lowest BCUT2D eigenvalue weighted by Gasteiger charge is -2.35. The second kappa shape index (κ2) is 7.35. The van der Waals surface area contributed by atoms with Crippen molar-refractivity contribution < 1.29 is 9.53 Å². The Bertz CT molecular complexity index is 301. The first kappa shape index (κ1) is 14.9. The van der Waals surface area contributed by atoms with Gasteiger partial charge in [0.15, 0.2) is 5.17 Å². The van der Waals surface area contributed by atoms with Gasteiger partial charge in [-0.2, -0.15) is 5.10 Å². The van der Waals surface area contributed by atoms with Gasteiger partial charge in [-0.25, -0.2) is 4.79 Å². The van der Waals surface area contributed by atoms with Gasteiger partial charge in [-0.15, -0.1) is 0 Å². The van der Waals surface area contributed by atoms with Crippen molar-refractivity contribution in [2.24, 2.45) is 10.9 Å². The second-order valence-corrected chi connectivity index (χ2v) is 5.48. The molecule has 0 saturated carbocycles. The van der Waals surface area contributed by atoms with Crippen molar-refractivity contribution in [2.75, 3.05) is 31.9 Å². The highest BCUT2D eigenvalue weighted by Crippen LogP contribution is 2.12. The molecule has 0 spiro atoms. The summed E-state index contributed by atoms with van der Waals surface area (Å²) in [5, 5.41) is 4.63. The minimum Gasteiger partial charge on any atom is -0.447 e. The largest absolute Gasteiger partial charge is 0.447 e. The number of nitrogens with zero attached hydrogens (tertiary/aromatic N) is 3. The summed E-state index contributed by atoms with van der Waals surface area (Å²) in [5.41, 5.74) is 0. The highest BCUT2D eigenvalue weighted by atomic mass is 32.2. The van der Waals surface area contributed by atoms with Gasteiger partial charge in [0.25, 0.3) is 0 Å². The Morgan fingerprint density at radius 2 is 1.89 bits per heavy atom. The zero-order valence-electron chi connectivity index (χ0n) is 11.3. The van der Waals surface area contributed by atoms with E-state index in [9.17, 15) is 4.79 Å². The van der Waals surface area contributed by atoms with Gasteiger partial charge in [0.2, 0.25) is 0 Å². The van der Waals surface area contributed by atoms with Crippen molar-refractivity contribution in [1.82, 2.24) is 9.80 Å². The fourth-order valence-corrected chi connectivity index (χ4v) is 2.39. The third-order valence-electron chi connectivity index (χ3n) is 2.53. The summed E-state index contributed by atoms with van der Waals surface area (Å²) in [7, 11) is 0. The molecule has 6 nitrogen and oxygen atoms in total. The molecule has 1 aliphatic rings. The quantitative estimate of drug-likeness (QED) is 0.354. The molecule has 0 radical (unpaired) electrons. The molecule has 0 aromatic heterocycles. The Morgan fingerprint density at radius 3 is 2.33 bits per heavy atom. The van der Waals surface area contributed by atoms with Crippen molar-refractivity contribution >= 4 is 23.0 Å². The molecular formula is C11H22N4O2S. The minimum atomic E-state index is -0.237. The van der Waals surface area contributed by atoms with Crippen LogP contribution in [0.5, 0.6) is 0 Å².